The van der Waals surface area contributed by atoms with Crippen molar-refractivity contribution in [2.24, 2.45) is 10.8 Å². The SMILES string of the molecule is CC(C)(C)CC(CO)NC(=O)C1(C)CCCNC1.Cl. The number of hydrogen-bond donors (Lipinski definition) is 3. The van der Waals surface area contributed by atoms with Gasteiger partial charge in [-0.05, 0) is 38.1 Å². The molecule has 19 heavy (non-hydrogen) atoms. The fraction of sp³-hybridized carbons (Fsp3) is 0.929. The standard InChI is InChI=1S/C14H28N2O2.ClH/c1-13(2,3)8-11(9-17)16-12(18)14(4)6-5-7-15-10-14;/h11,15,17H,5-10H2,1-4H3,(H,16,18);1H. The molecule has 4 nitrogen and oxygen atoms in total. The van der Waals surface area contributed by atoms with E-state index in [1.807, 2.05) is 6.92 Å². The molecule has 0 aliphatic carbocycles. The Morgan fingerprint density at radius 3 is 2.53 bits per heavy atom. The highest BCUT2D eigenvalue weighted by atomic mass is 35.5. The summed E-state index contributed by atoms with van der Waals surface area (Å²) in [6, 6.07) is -0.142. The van der Waals surface area contributed by atoms with Crippen molar-refractivity contribution in [1.29, 1.82) is 0 Å². The van der Waals surface area contributed by atoms with Crippen LogP contribution in [0.25, 0.3) is 0 Å². The third kappa shape index (κ3) is 6.11. The molecule has 2 unspecified atom stereocenters. The van der Waals surface area contributed by atoms with E-state index in [4.69, 9.17) is 0 Å². The topological polar surface area (TPSA) is 61.4 Å². The Morgan fingerprint density at radius 1 is 1.47 bits per heavy atom. The third-order valence-electron chi connectivity index (χ3n) is 3.56. The fourth-order valence-electron chi connectivity index (χ4n) is 2.51. The van der Waals surface area contributed by atoms with Crippen LogP contribution in [0.4, 0.5) is 0 Å². The zero-order valence-corrected chi connectivity index (χ0v) is 13.4. The number of rotatable bonds is 4. The average molecular weight is 293 g/mol. The molecular weight excluding hydrogens is 264 g/mol. The molecule has 0 aromatic carbocycles. The molecule has 5 heteroatoms. The van der Waals surface area contributed by atoms with Gasteiger partial charge in [-0.3, -0.25) is 4.79 Å². The van der Waals surface area contributed by atoms with E-state index in [1.165, 1.54) is 0 Å². The normalized spacial score (nSPS) is 25.3. The van der Waals surface area contributed by atoms with Crippen LogP contribution in [0.2, 0.25) is 0 Å². The lowest BCUT2D eigenvalue weighted by molar-refractivity contribution is -0.132. The van der Waals surface area contributed by atoms with E-state index in [0.29, 0.717) is 0 Å². The number of aliphatic hydroxyl groups is 1. The van der Waals surface area contributed by atoms with Crippen LogP contribution in [0.3, 0.4) is 0 Å². The molecule has 0 bridgehead atoms. The summed E-state index contributed by atoms with van der Waals surface area (Å²) in [5.74, 6) is 0.0676. The van der Waals surface area contributed by atoms with Crippen molar-refractivity contribution in [3.8, 4) is 0 Å². The first-order chi connectivity index (χ1) is 8.27. The Kier molecular flexibility index (Phi) is 7.33. The van der Waals surface area contributed by atoms with Crippen LogP contribution >= 0.6 is 12.4 Å². The van der Waals surface area contributed by atoms with Crippen LogP contribution < -0.4 is 10.6 Å². The van der Waals surface area contributed by atoms with Crippen molar-refractivity contribution in [1.82, 2.24) is 10.6 Å². The van der Waals surface area contributed by atoms with E-state index in [2.05, 4.69) is 31.4 Å². The quantitative estimate of drug-likeness (QED) is 0.739. The third-order valence-corrected chi connectivity index (χ3v) is 3.56. The highest BCUT2D eigenvalue weighted by Crippen LogP contribution is 2.27. The lowest BCUT2D eigenvalue weighted by Gasteiger charge is -2.35. The Morgan fingerprint density at radius 2 is 2.11 bits per heavy atom. The smallest absolute Gasteiger partial charge is 0.227 e. The fourth-order valence-corrected chi connectivity index (χ4v) is 2.51. The van der Waals surface area contributed by atoms with Gasteiger partial charge in [0.1, 0.15) is 0 Å². The maximum absolute atomic E-state index is 12.3. The molecule has 1 aliphatic heterocycles. The molecule has 0 aromatic rings. The molecule has 0 saturated carbocycles. The zero-order chi connectivity index (χ0) is 13.8. The lowest BCUT2D eigenvalue weighted by atomic mass is 9.81. The second kappa shape index (κ2) is 7.46. The number of nitrogens with one attached hydrogen (secondary N) is 2. The first kappa shape index (κ1) is 18.7. The molecule has 1 saturated heterocycles. The van der Waals surface area contributed by atoms with Crippen molar-refractivity contribution < 1.29 is 9.90 Å². The number of aliphatic hydroxyl groups excluding tert-OH is 1. The summed E-state index contributed by atoms with van der Waals surface area (Å²) in [4.78, 5) is 12.3. The first-order valence-electron chi connectivity index (χ1n) is 6.89. The summed E-state index contributed by atoms with van der Waals surface area (Å²) < 4.78 is 0. The lowest BCUT2D eigenvalue weighted by Crippen LogP contribution is -2.52. The number of halogens is 1. The molecule has 0 radical (unpaired) electrons. The van der Waals surface area contributed by atoms with Gasteiger partial charge in [0.25, 0.3) is 0 Å². The maximum Gasteiger partial charge on any atom is 0.227 e. The second-order valence-corrected chi connectivity index (χ2v) is 6.96. The summed E-state index contributed by atoms with van der Waals surface area (Å²) in [5, 5.41) is 15.7. The van der Waals surface area contributed by atoms with Crippen LogP contribution in [0.5, 0.6) is 0 Å². The van der Waals surface area contributed by atoms with Crippen LogP contribution in [0, 0.1) is 10.8 Å². The van der Waals surface area contributed by atoms with E-state index in [1.54, 1.807) is 0 Å². The van der Waals surface area contributed by atoms with Crippen LogP contribution in [0.1, 0.15) is 47.0 Å². The van der Waals surface area contributed by atoms with Gasteiger partial charge in [-0.15, -0.1) is 12.4 Å². The van der Waals surface area contributed by atoms with Gasteiger partial charge in [0.2, 0.25) is 5.91 Å². The van der Waals surface area contributed by atoms with E-state index >= 15 is 0 Å². The van der Waals surface area contributed by atoms with Crippen LogP contribution in [-0.4, -0.2) is 36.8 Å². The van der Waals surface area contributed by atoms with E-state index in [-0.39, 0.29) is 41.8 Å². The van der Waals surface area contributed by atoms with Gasteiger partial charge in [0, 0.05) is 6.54 Å². The minimum Gasteiger partial charge on any atom is -0.394 e. The Hall–Kier alpha value is -0.320. The summed E-state index contributed by atoms with van der Waals surface area (Å²) in [5.41, 5.74) is -0.226. The van der Waals surface area contributed by atoms with Gasteiger partial charge < -0.3 is 15.7 Å². The number of carbonyl (C=O) groups is 1. The maximum atomic E-state index is 12.3. The summed E-state index contributed by atoms with van der Waals surface area (Å²) in [6.45, 7) is 10.1. The van der Waals surface area contributed by atoms with Gasteiger partial charge in [0.05, 0.1) is 18.1 Å². The van der Waals surface area contributed by atoms with Gasteiger partial charge in [-0.25, -0.2) is 0 Å². The van der Waals surface area contributed by atoms with Gasteiger partial charge >= 0.3 is 0 Å². The monoisotopic (exact) mass is 292 g/mol. The van der Waals surface area contributed by atoms with E-state index < -0.39 is 0 Å². The summed E-state index contributed by atoms with van der Waals surface area (Å²) in [6.07, 6.45) is 2.74. The molecule has 114 valence electrons. The molecule has 1 fully saturated rings. The average Bonchev–Trinajstić information content (AvgIpc) is 2.27. The van der Waals surface area contributed by atoms with Crippen molar-refractivity contribution in [3.63, 3.8) is 0 Å². The first-order valence-corrected chi connectivity index (χ1v) is 6.89. The predicted molar refractivity (Wildman–Crippen MR) is 80.5 cm³/mol. The second-order valence-electron chi connectivity index (χ2n) is 6.96. The predicted octanol–water partition coefficient (Wildman–Crippen LogP) is 1.71. The molecule has 0 aromatic heterocycles. The molecule has 1 amide bonds. The number of carbonyl (C=O) groups excluding carboxylic acids is 1. The summed E-state index contributed by atoms with van der Waals surface area (Å²) in [7, 11) is 0. The van der Waals surface area contributed by atoms with Crippen molar-refractivity contribution in [2.75, 3.05) is 19.7 Å². The van der Waals surface area contributed by atoms with Gasteiger partial charge in [-0.2, -0.15) is 0 Å². The molecule has 1 heterocycles. The van der Waals surface area contributed by atoms with Crippen LogP contribution in [-0.2, 0) is 4.79 Å². The van der Waals surface area contributed by atoms with Gasteiger partial charge in [0.15, 0.2) is 0 Å². The molecule has 1 rings (SSSR count). The number of amides is 1. The molecule has 2 atom stereocenters. The summed E-state index contributed by atoms with van der Waals surface area (Å²) >= 11 is 0. The highest BCUT2D eigenvalue weighted by molar-refractivity contribution is 5.85. The number of hydrogen-bond acceptors (Lipinski definition) is 3. The zero-order valence-electron chi connectivity index (χ0n) is 12.6. The Bertz CT molecular complexity index is 284. The molecule has 3 N–H and O–H groups in total. The molecule has 0 spiro atoms. The Labute approximate surface area is 123 Å². The highest BCUT2D eigenvalue weighted by Gasteiger charge is 2.35. The minimum atomic E-state index is -0.330. The van der Waals surface area contributed by atoms with E-state index in [0.717, 1.165) is 32.4 Å². The van der Waals surface area contributed by atoms with E-state index in [9.17, 15) is 9.90 Å². The largest absolute Gasteiger partial charge is 0.394 e. The Balaban J connectivity index is 0.00000324. The molecular formula is C14H29ClN2O2. The van der Waals surface area contributed by atoms with Crippen LogP contribution in [0.15, 0.2) is 0 Å². The molecule has 1 aliphatic rings. The number of piperidine rings is 1. The van der Waals surface area contributed by atoms with Gasteiger partial charge in [-0.1, -0.05) is 20.8 Å². The van der Waals surface area contributed by atoms with Crippen molar-refractivity contribution in [3.05, 3.63) is 0 Å². The van der Waals surface area contributed by atoms with Crippen molar-refractivity contribution in [2.45, 2.75) is 53.0 Å². The van der Waals surface area contributed by atoms with Crippen molar-refractivity contribution >= 4 is 18.3 Å². The minimum absolute atomic E-state index is 0.